The summed E-state index contributed by atoms with van der Waals surface area (Å²) in [6.45, 7) is 10.6. The second-order valence-electron chi connectivity index (χ2n) is 13.4. The number of ether oxygens (including phenoxy) is 4. The summed E-state index contributed by atoms with van der Waals surface area (Å²) in [7, 11) is 0. The Kier molecular flexibility index (Phi) is 12.9. The van der Waals surface area contributed by atoms with Gasteiger partial charge in [-0.05, 0) is 49.9 Å². The van der Waals surface area contributed by atoms with Crippen molar-refractivity contribution < 1.29 is 18.9 Å². The third-order valence-corrected chi connectivity index (χ3v) is 11.3. The van der Waals surface area contributed by atoms with Crippen molar-refractivity contribution in [1.29, 1.82) is 0 Å². The van der Waals surface area contributed by atoms with Crippen LogP contribution in [0.15, 0.2) is 24.3 Å². The van der Waals surface area contributed by atoms with Crippen molar-refractivity contribution in [2.75, 3.05) is 26.4 Å². The number of unbranched alkanes of at least 4 members (excludes halogenated alkanes) is 4. The first-order valence-corrected chi connectivity index (χ1v) is 21.0. The molecule has 2 N–H and O–H groups in total. The van der Waals surface area contributed by atoms with Gasteiger partial charge >= 0.3 is 0 Å². The number of nitrogens with zero attached hydrogens (tertiary/aromatic N) is 6. The summed E-state index contributed by atoms with van der Waals surface area (Å²) in [5, 5.41) is 2.72. The molecule has 5 aromatic rings. The quantitative estimate of drug-likeness (QED) is 0.0420. The minimum atomic E-state index is 0.306. The number of aromatic amines is 2. The van der Waals surface area contributed by atoms with Crippen LogP contribution >= 0.6 is 50.5 Å². The van der Waals surface area contributed by atoms with Crippen LogP contribution in [0.25, 0.3) is 63.8 Å². The molecule has 8 bridgehead atoms. The summed E-state index contributed by atoms with van der Waals surface area (Å²) < 4.78 is 25.4. The summed E-state index contributed by atoms with van der Waals surface area (Å²) in [6.07, 6.45) is 7.45. The van der Waals surface area contributed by atoms with E-state index >= 15 is 0 Å². The molecule has 2 aliphatic heterocycles. The molecule has 7 rings (SSSR count). The molecule has 56 heavy (non-hydrogen) atoms. The van der Waals surface area contributed by atoms with Gasteiger partial charge in [-0.3, -0.25) is 0 Å². The van der Waals surface area contributed by atoms with E-state index in [0.717, 1.165) is 51.4 Å². The highest BCUT2D eigenvalue weighted by molar-refractivity contribution is 7.97. The van der Waals surface area contributed by atoms with Gasteiger partial charge in [0.05, 0.1) is 67.6 Å². The molecule has 5 heterocycles. The molecule has 2 aromatic carbocycles. The van der Waals surface area contributed by atoms with E-state index in [1.807, 2.05) is 24.3 Å². The van der Waals surface area contributed by atoms with Crippen molar-refractivity contribution in [3.8, 4) is 23.0 Å². The van der Waals surface area contributed by atoms with E-state index in [-0.39, 0.29) is 0 Å². The lowest BCUT2D eigenvalue weighted by Crippen LogP contribution is -2.00. The molecule has 0 atom stereocenters. The summed E-state index contributed by atoms with van der Waals surface area (Å²) in [6, 6.07) is 7.63. The van der Waals surface area contributed by atoms with Crippen LogP contribution in [-0.2, 0) is 0 Å². The second kappa shape index (κ2) is 18.0. The van der Waals surface area contributed by atoms with Crippen LogP contribution < -0.4 is 18.9 Å². The fourth-order valence-electron chi connectivity index (χ4n) is 6.24. The van der Waals surface area contributed by atoms with Crippen LogP contribution in [0.5, 0.6) is 23.0 Å². The monoisotopic (exact) mass is 830 g/mol. The molecule has 0 unspecified atom stereocenters. The number of aromatic nitrogens is 8. The van der Waals surface area contributed by atoms with Crippen LogP contribution in [0.4, 0.5) is 0 Å². The van der Waals surface area contributed by atoms with Crippen LogP contribution in [-0.4, -0.2) is 66.3 Å². The average Bonchev–Trinajstić information content (AvgIpc) is 3.89. The molecule has 294 valence electrons. The van der Waals surface area contributed by atoms with Gasteiger partial charge in [0.25, 0.3) is 0 Å². The number of nitrogens with one attached hydrogen (secondary N) is 2. The minimum absolute atomic E-state index is 0.306. The fraction of sp³-hybridized carbons (Fsp3) is 0.400. The summed E-state index contributed by atoms with van der Waals surface area (Å²) in [5.74, 6) is 3.72. The molecule has 16 heteroatoms. The molecule has 3 aromatic heterocycles. The van der Waals surface area contributed by atoms with E-state index in [1.165, 1.54) is 0 Å². The van der Waals surface area contributed by atoms with Crippen LogP contribution in [0, 0.1) is 0 Å². The maximum absolute atomic E-state index is 6.36. The lowest BCUT2D eigenvalue weighted by Gasteiger charge is -2.11. The van der Waals surface area contributed by atoms with E-state index in [9.17, 15) is 0 Å². The Hall–Kier alpha value is -4.12. The topological polar surface area (TPSA) is 146 Å². The first kappa shape index (κ1) is 40.1. The smallest absolute Gasteiger partial charge is 0.171 e. The van der Waals surface area contributed by atoms with Gasteiger partial charge in [-0.2, -0.15) is 0 Å². The van der Waals surface area contributed by atoms with Crippen LogP contribution in [0.2, 0.25) is 0 Å². The number of thiol groups is 4. The standard InChI is InChI=1S/C40H46N8O4S4/c1-5-9-17-49-21-13-14-22(50-18-10-6-2)26-25(21)33-41-34(26)44-38-31(55)32(56)40(48-38)46-36-28-24(52-20-12-8-4)16-15-23(51-19-11-7-3)27(28)35(42-36)45-39-30(54)29(53)37(43-33)47-39/h13-16,53-56H,5-12,17-20H2,1-4H3,(H2,41,42,43,44,45,46,47,48). The molecular formula is C40H46N8O4S4. The zero-order valence-corrected chi connectivity index (χ0v) is 35.5. The van der Waals surface area contributed by atoms with Gasteiger partial charge in [0.1, 0.15) is 45.6 Å². The van der Waals surface area contributed by atoms with Gasteiger partial charge in [0.2, 0.25) is 0 Å². The first-order chi connectivity index (χ1) is 27.3. The van der Waals surface area contributed by atoms with Crippen molar-refractivity contribution in [3.63, 3.8) is 0 Å². The Balaban J connectivity index is 1.61. The summed E-state index contributed by atoms with van der Waals surface area (Å²) >= 11 is 19.4. The summed E-state index contributed by atoms with van der Waals surface area (Å²) in [5.41, 5.74) is 1.79. The normalized spacial score (nSPS) is 13.0. The Morgan fingerprint density at radius 2 is 0.625 bits per heavy atom. The summed E-state index contributed by atoms with van der Waals surface area (Å²) in [4.78, 5) is 38.5. The van der Waals surface area contributed by atoms with Crippen LogP contribution in [0.1, 0.15) is 102 Å². The Morgan fingerprint density at radius 1 is 0.393 bits per heavy atom. The van der Waals surface area contributed by atoms with Crippen molar-refractivity contribution in [1.82, 2.24) is 39.9 Å². The number of H-pyrrole nitrogens is 2. The van der Waals surface area contributed by atoms with E-state index in [2.05, 4.69) is 37.7 Å². The minimum Gasteiger partial charge on any atom is -0.493 e. The zero-order chi connectivity index (χ0) is 39.3. The van der Waals surface area contributed by atoms with Crippen molar-refractivity contribution in [3.05, 3.63) is 47.6 Å². The van der Waals surface area contributed by atoms with Gasteiger partial charge in [-0.1, -0.05) is 53.4 Å². The molecule has 0 saturated heterocycles. The predicted molar refractivity (Wildman–Crippen MR) is 238 cm³/mol. The zero-order valence-electron chi connectivity index (χ0n) is 31.9. The van der Waals surface area contributed by atoms with Crippen molar-refractivity contribution in [2.45, 2.75) is 79.1 Å². The predicted octanol–water partition coefficient (Wildman–Crippen LogP) is 10.3. The van der Waals surface area contributed by atoms with Gasteiger partial charge < -0.3 is 28.9 Å². The Bertz CT molecular complexity index is 2180. The third kappa shape index (κ3) is 8.02. The Morgan fingerprint density at radius 3 is 0.839 bits per heavy atom. The van der Waals surface area contributed by atoms with E-state index < -0.39 is 0 Å². The van der Waals surface area contributed by atoms with Gasteiger partial charge in [0.15, 0.2) is 23.3 Å². The number of rotatable bonds is 16. The highest BCUT2D eigenvalue weighted by Crippen LogP contribution is 2.43. The number of fused-ring (bicyclic) bond motifs is 14. The SMILES string of the molecule is CCCCOc1ccc(OCCCC)c2c3nc4nc(nc5[nH]c(nc6nc(nc([nH]3)c12)C(S)=C6S)c1c(OCCCC)ccc(OCCCC)c51)C(S)=C4S. The average molecular weight is 831 g/mol. The lowest BCUT2D eigenvalue weighted by atomic mass is 10.1. The number of hydrogen-bond acceptors (Lipinski definition) is 14. The maximum Gasteiger partial charge on any atom is 0.171 e. The van der Waals surface area contributed by atoms with E-state index in [1.54, 1.807) is 0 Å². The third-order valence-electron chi connectivity index (χ3n) is 9.29. The molecule has 0 saturated carbocycles. The molecule has 0 fully saturated rings. The molecule has 2 aliphatic rings. The fourth-order valence-corrected chi connectivity index (χ4v) is 7.04. The maximum atomic E-state index is 6.36. The highest BCUT2D eigenvalue weighted by atomic mass is 32.1. The molecule has 0 aliphatic carbocycles. The van der Waals surface area contributed by atoms with Gasteiger partial charge in [-0.25, -0.2) is 29.9 Å². The Labute approximate surface area is 347 Å². The van der Waals surface area contributed by atoms with Gasteiger partial charge in [0, 0.05) is 0 Å². The molecular weight excluding hydrogens is 785 g/mol. The molecule has 12 nitrogen and oxygen atoms in total. The van der Waals surface area contributed by atoms with Crippen molar-refractivity contribution >= 4 is 114 Å². The highest BCUT2D eigenvalue weighted by Gasteiger charge is 2.25. The largest absolute Gasteiger partial charge is 0.493 e. The number of hydrogen-bond donors (Lipinski definition) is 6. The molecule has 0 spiro atoms. The van der Waals surface area contributed by atoms with Gasteiger partial charge in [-0.15, -0.1) is 50.5 Å². The van der Waals surface area contributed by atoms with E-state index in [4.69, 9.17) is 99.4 Å². The molecule has 0 radical (unpaired) electrons. The number of benzene rings is 2. The molecule has 0 amide bonds. The second-order valence-corrected chi connectivity index (χ2v) is 15.2. The van der Waals surface area contributed by atoms with E-state index in [0.29, 0.717) is 136 Å². The van der Waals surface area contributed by atoms with Crippen LogP contribution in [0.3, 0.4) is 0 Å². The lowest BCUT2D eigenvalue weighted by molar-refractivity contribution is 0.306. The first-order valence-electron chi connectivity index (χ1n) is 19.2. The van der Waals surface area contributed by atoms with Crippen molar-refractivity contribution in [2.24, 2.45) is 0 Å².